The third-order valence-electron chi connectivity index (χ3n) is 4.64. The zero-order chi connectivity index (χ0) is 19.3. The van der Waals surface area contributed by atoms with E-state index < -0.39 is 15.9 Å². The Hall–Kier alpha value is -2.54. The molecule has 3 rings (SSSR count). The van der Waals surface area contributed by atoms with E-state index in [0.29, 0.717) is 4.90 Å². The molecule has 0 unspecified atom stereocenters. The molecule has 1 amide bonds. The molecule has 1 aliphatic rings. The maximum atomic E-state index is 11.8. The monoisotopic (exact) mass is 388 g/mol. The number of hydrogen-bond acceptors (Lipinski definition) is 5. The van der Waals surface area contributed by atoms with Gasteiger partial charge in [0.15, 0.2) is 9.84 Å². The summed E-state index contributed by atoms with van der Waals surface area (Å²) in [5.74, 6) is 0.0934. The lowest BCUT2D eigenvalue weighted by Gasteiger charge is -2.36. The topological polar surface area (TPSA) is 84.5 Å². The Morgan fingerprint density at radius 1 is 1.04 bits per heavy atom. The van der Waals surface area contributed by atoms with Crippen LogP contribution in [0.1, 0.15) is 25.3 Å². The van der Waals surface area contributed by atoms with E-state index in [9.17, 15) is 13.2 Å². The Kier molecular flexibility index (Phi) is 6.01. The van der Waals surface area contributed by atoms with Crippen molar-refractivity contribution in [3.8, 4) is 0 Å². The number of alkyl carbamates (subject to hydrolysis) is 1. The number of amides is 1. The average Bonchev–Trinajstić information content (AvgIpc) is 2.66. The summed E-state index contributed by atoms with van der Waals surface area (Å²) in [6, 6.07) is 16.7. The first kappa shape index (κ1) is 19.2. The van der Waals surface area contributed by atoms with Crippen molar-refractivity contribution in [2.45, 2.75) is 43.4 Å². The molecule has 6 nitrogen and oxygen atoms in total. The molecular formula is C20H24N2O4S. The molecule has 0 bridgehead atoms. The van der Waals surface area contributed by atoms with Gasteiger partial charge in [-0.1, -0.05) is 37.3 Å². The van der Waals surface area contributed by atoms with E-state index in [0.717, 1.165) is 24.1 Å². The van der Waals surface area contributed by atoms with Gasteiger partial charge in [-0.15, -0.1) is 0 Å². The Labute approximate surface area is 159 Å². The van der Waals surface area contributed by atoms with Crippen molar-refractivity contribution in [2.24, 2.45) is 0 Å². The van der Waals surface area contributed by atoms with E-state index in [4.69, 9.17) is 4.74 Å². The molecule has 1 aliphatic carbocycles. The Morgan fingerprint density at radius 2 is 1.70 bits per heavy atom. The number of hydrogen-bond donors (Lipinski definition) is 2. The lowest BCUT2D eigenvalue weighted by atomic mass is 9.86. The van der Waals surface area contributed by atoms with Crippen molar-refractivity contribution in [1.82, 2.24) is 5.32 Å². The van der Waals surface area contributed by atoms with E-state index in [-0.39, 0.29) is 24.4 Å². The van der Waals surface area contributed by atoms with Crippen LogP contribution in [0.4, 0.5) is 10.5 Å². The first-order valence-electron chi connectivity index (χ1n) is 9.03. The summed E-state index contributed by atoms with van der Waals surface area (Å²) >= 11 is 0. The number of anilines is 1. The van der Waals surface area contributed by atoms with Gasteiger partial charge in [0.05, 0.1) is 10.6 Å². The highest BCUT2D eigenvalue weighted by Gasteiger charge is 2.30. The van der Waals surface area contributed by atoms with Crippen molar-refractivity contribution < 1.29 is 17.9 Å². The maximum Gasteiger partial charge on any atom is 0.407 e. The Balaban J connectivity index is 1.39. The van der Waals surface area contributed by atoms with Gasteiger partial charge in [0.2, 0.25) is 0 Å². The van der Waals surface area contributed by atoms with Crippen molar-refractivity contribution in [3.63, 3.8) is 0 Å². The van der Waals surface area contributed by atoms with Crippen LogP contribution < -0.4 is 10.6 Å². The van der Waals surface area contributed by atoms with Gasteiger partial charge < -0.3 is 15.4 Å². The molecule has 1 fully saturated rings. The van der Waals surface area contributed by atoms with Crippen LogP contribution in [0.5, 0.6) is 0 Å². The molecule has 2 aromatic carbocycles. The summed E-state index contributed by atoms with van der Waals surface area (Å²) in [5, 5.41) is 6.21. The number of carbonyl (C=O) groups excluding carboxylic acids is 1. The fraction of sp³-hybridized carbons (Fsp3) is 0.350. The van der Waals surface area contributed by atoms with Crippen molar-refractivity contribution in [2.75, 3.05) is 11.1 Å². The summed E-state index contributed by atoms with van der Waals surface area (Å²) in [7, 11) is -3.17. The molecule has 0 radical (unpaired) electrons. The van der Waals surface area contributed by atoms with Crippen molar-refractivity contribution in [1.29, 1.82) is 0 Å². The van der Waals surface area contributed by atoms with Gasteiger partial charge >= 0.3 is 6.09 Å². The molecular weight excluding hydrogens is 364 g/mol. The van der Waals surface area contributed by atoms with Crippen LogP contribution in [-0.2, 0) is 21.2 Å². The second-order valence-electron chi connectivity index (χ2n) is 6.64. The first-order valence-corrected chi connectivity index (χ1v) is 10.7. The number of rotatable bonds is 7. The van der Waals surface area contributed by atoms with E-state index >= 15 is 0 Å². The predicted molar refractivity (Wildman–Crippen MR) is 104 cm³/mol. The lowest BCUT2D eigenvalue weighted by Crippen LogP contribution is -2.49. The predicted octanol–water partition coefficient (Wildman–Crippen LogP) is 3.35. The number of sulfone groups is 1. The summed E-state index contributed by atoms with van der Waals surface area (Å²) in [6.45, 7) is 1.89. The normalized spacial score (nSPS) is 19.0. The zero-order valence-corrected chi connectivity index (χ0v) is 16.0. The third kappa shape index (κ3) is 5.23. The van der Waals surface area contributed by atoms with Gasteiger partial charge in [-0.2, -0.15) is 0 Å². The third-order valence-corrected chi connectivity index (χ3v) is 6.39. The number of ether oxygens (including phenoxy) is 1. The number of carbonyl (C=O) groups is 1. The molecule has 0 spiro atoms. The highest BCUT2D eigenvalue weighted by atomic mass is 32.2. The van der Waals surface area contributed by atoms with Crippen LogP contribution in [0.15, 0.2) is 59.5 Å². The zero-order valence-electron chi connectivity index (χ0n) is 15.2. The first-order chi connectivity index (χ1) is 13.0. The summed E-state index contributed by atoms with van der Waals surface area (Å²) < 4.78 is 28.9. The number of nitrogens with one attached hydrogen (secondary N) is 2. The van der Waals surface area contributed by atoms with Crippen LogP contribution in [-0.4, -0.2) is 32.3 Å². The smallest absolute Gasteiger partial charge is 0.407 e. The van der Waals surface area contributed by atoms with Crippen molar-refractivity contribution in [3.05, 3.63) is 60.2 Å². The van der Waals surface area contributed by atoms with Gasteiger partial charge in [-0.3, -0.25) is 0 Å². The van der Waals surface area contributed by atoms with Crippen LogP contribution in [0.2, 0.25) is 0 Å². The molecule has 2 aromatic rings. The second-order valence-corrected chi connectivity index (χ2v) is 8.92. The minimum Gasteiger partial charge on any atom is -0.445 e. The van der Waals surface area contributed by atoms with Gasteiger partial charge in [0.25, 0.3) is 0 Å². The molecule has 144 valence electrons. The maximum absolute atomic E-state index is 11.8. The van der Waals surface area contributed by atoms with Crippen LogP contribution in [0.3, 0.4) is 0 Å². The van der Waals surface area contributed by atoms with Crippen molar-refractivity contribution >= 4 is 21.6 Å². The molecule has 0 saturated heterocycles. The molecule has 7 heteroatoms. The van der Waals surface area contributed by atoms with Crippen LogP contribution in [0.25, 0.3) is 0 Å². The fourth-order valence-electron chi connectivity index (χ4n) is 2.95. The quantitative estimate of drug-likeness (QED) is 0.760. The van der Waals surface area contributed by atoms with E-state index in [1.165, 1.54) is 0 Å². The van der Waals surface area contributed by atoms with E-state index in [1.807, 2.05) is 30.3 Å². The van der Waals surface area contributed by atoms with Crippen LogP contribution in [0, 0.1) is 0 Å². The van der Waals surface area contributed by atoms with Crippen LogP contribution >= 0.6 is 0 Å². The Morgan fingerprint density at radius 3 is 2.33 bits per heavy atom. The molecule has 1 saturated carbocycles. The molecule has 0 aromatic heterocycles. The minimum atomic E-state index is -3.17. The fourth-order valence-corrected chi connectivity index (χ4v) is 3.83. The van der Waals surface area contributed by atoms with Gasteiger partial charge in [0, 0.05) is 17.8 Å². The minimum absolute atomic E-state index is 0.0884. The largest absolute Gasteiger partial charge is 0.445 e. The molecule has 27 heavy (non-hydrogen) atoms. The highest BCUT2D eigenvalue weighted by Crippen LogP contribution is 2.25. The summed E-state index contributed by atoms with van der Waals surface area (Å²) in [5.41, 5.74) is 1.83. The lowest BCUT2D eigenvalue weighted by molar-refractivity contribution is 0.129. The average molecular weight is 388 g/mol. The standard InChI is InChI=1S/C20H24N2O4S/c1-2-27(24,25)19-10-8-16(9-11-19)21-17-12-18(13-17)22-20(23)26-14-15-6-4-3-5-7-15/h3-11,17-18,21H,2,12-14H2,1H3,(H,22,23). The molecule has 0 aliphatic heterocycles. The SMILES string of the molecule is CCS(=O)(=O)c1ccc(NC2CC(NC(=O)OCc3ccccc3)C2)cc1. The summed E-state index contributed by atoms with van der Waals surface area (Å²) in [4.78, 5) is 12.2. The molecule has 0 atom stereocenters. The van der Waals surface area contributed by atoms with E-state index in [2.05, 4.69) is 10.6 Å². The molecule has 2 N–H and O–H groups in total. The highest BCUT2D eigenvalue weighted by molar-refractivity contribution is 7.91. The van der Waals surface area contributed by atoms with Gasteiger partial charge in [0.1, 0.15) is 6.61 Å². The van der Waals surface area contributed by atoms with Gasteiger partial charge in [-0.25, -0.2) is 13.2 Å². The Bertz CT molecular complexity index is 861. The molecule has 0 heterocycles. The second kappa shape index (κ2) is 8.43. The number of benzene rings is 2. The summed E-state index contributed by atoms with van der Waals surface area (Å²) in [6.07, 6.45) is 1.20. The van der Waals surface area contributed by atoms with Gasteiger partial charge in [-0.05, 0) is 42.7 Å². The van der Waals surface area contributed by atoms with E-state index in [1.54, 1.807) is 31.2 Å².